The lowest BCUT2D eigenvalue weighted by atomic mass is 9.98. The molecule has 0 aliphatic heterocycles. The third kappa shape index (κ3) is 9.15. The number of nitrogens with two attached hydrogens (primary N) is 2. The van der Waals surface area contributed by atoms with Gasteiger partial charge in [0.15, 0.2) is 5.82 Å². The number of benzene rings is 2. The molecule has 15 nitrogen and oxygen atoms in total. The Morgan fingerprint density at radius 1 is 0.936 bits per heavy atom. The first-order valence-electron chi connectivity index (χ1n) is 14.8. The summed E-state index contributed by atoms with van der Waals surface area (Å²) in [6.07, 6.45) is -1.04. The fraction of sp³-hybridized carbons (Fsp3) is 0.344. The molecule has 3 aromatic rings. The Bertz CT molecular complexity index is 1630. The number of carboxylic acids is 1. The van der Waals surface area contributed by atoms with Crippen molar-refractivity contribution in [3.63, 3.8) is 0 Å². The molecule has 1 aliphatic rings. The number of carbonyl (C=O) groups is 5. The maximum atomic E-state index is 13.3. The van der Waals surface area contributed by atoms with Crippen molar-refractivity contribution >= 4 is 47.3 Å². The van der Waals surface area contributed by atoms with E-state index < -0.39 is 54.0 Å². The normalized spacial score (nSPS) is 13.3. The molecule has 0 saturated heterocycles. The Kier molecular flexibility index (Phi) is 10.6. The number of anilines is 3. The van der Waals surface area contributed by atoms with Crippen LogP contribution in [-0.4, -0.2) is 69.2 Å². The number of rotatable bonds is 12. The zero-order valence-electron chi connectivity index (χ0n) is 26.1. The van der Waals surface area contributed by atoms with Crippen LogP contribution in [0.1, 0.15) is 57.1 Å². The van der Waals surface area contributed by atoms with Crippen LogP contribution in [0.5, 0.6) is 0 Å². The number of aliphatic carboxylic acids is 1. The number of hydrogen-bond acceptors (Lipinski definition) is 11. The van der Waals surface area contributed by atoms with Crippen LogP contribution in [0.4, 0.5) is 22.2 Å². The molecule has 0 bridgehead atoms. The first-order valence-corrected chi connectivity index (χ1v) is 14.8. The average molecular weight is 648 g/mol. The van der Waals surface area contributed by atoms with Crippen LogP contribution in [0.3, 0.4) is 0 Å². The van der Waals surface area contributed by atoms with Crippen molar-refractivity contribution in [1.82, 2.24) is 20.6 Å². The summed E-state index contributed by atoms with van der Waals surface area (Å²) in [7, 11) is 0. The van der Waals surface area contributed by atoms with E-state index in [0.717, 1.165) is 22.3 Å². The van der Waals surface area contributed by atoms with E-state index in [1.54, 1.807) is 20.8 Å². The van der Waals surface area contributed by atoms with Gasteiger partial charge in [-0.25, -0.2) is 14.6 Å². The highest BCUT2D eigenvalue weighted by Crippen LogP contribution is 2.44. The summed E-state index contributed by atoms with van der Waals surface area (Å²) in [5, 5.41) is 16.9. The average Bonchev–Trinajstić information content (AvgIpc) is 3.31. The van der Waals surface area contributed by atoms with Crippen LogP contribution in [0.2, 0.25) is 0 Å². The topological polar surface area (TPSA) is 238 Å². The van der Waals surface area contributed by atoms with Crippen LogP contribution in [-0.2, 0) is 28.7 Å². The number of aromatic nitrogens is 2. The van der Waals surface area contributed by atoms with E-state index in [9.17, 15) is 29.1 Å². The Labute approximate surface area is 270 Å². The lowest BCUT2D eigenvalue weighted by Crippen LogP contribution is -2.52. The summed E-state index contributed by atoms with van der Waals surface area (Å²) in [4.78, 5) is 70.9. The predicted octanol–water partition coefficient (Wildman–Crippen LogP) is 2.57. The van der Waals surface area contributed by atoms with Crippen molar-refractivity contribution in [1.29, 1.82) is 0 Å². The Morgan fingerprint density at radius 3 is 2.13 bits per heavy atom. The lowest BCUT2D eigenvalue weighted by Gasteiger charge is -2.23. The molecule has 0 spiro atoms. The fourth-order valence-electron chi connectivity index (χ4n) is 5.07. The van der Waals surface area contributed by atoms with Gasteiger partial charge in [-0.15, -0.1) is 0 Å². The van der Waals surface area contributed by atoms with Crippen molar-refractivity contribution < 1.29 is 38.6 Å². The largest absolute Gasteiger partial charge is 0.480 e. The van der Waals surface area contributed by atoms with E-state index in [4.69, 9.17) is 20.9 Å². The number of amides is 3. The maximum absolute atomic E-state index is 13.3. The molecule has 0 fully saturated rings. The van der Waals surface area contributed by atoms with Crippen molar-refractivity contribution in [2.75, 3.05) is 23.4 Å². The monoisotopic (exact) mass is 647 g/mol. The lowest BCUT2D eigenvalue weighted by molar-refractivity contribution is -0.158. The van der Waals surface area contributed by atoms with E-state index in [1.807, 2.05) is 48.5 Å². The summed E-state index contributed by atoms with van der Waals surface area (Å²) in [6, 6.07) is 12.4. The minimum atomic E-state index is -1.68. The second-order valence-corrected chi connectivity index (χ2v) is 11.8. The molecule has 0 unspecified atom stereocenters. The molecule has 4 rings (SSSR count). The summed E-state index contributed by atoms with van der Waals surface area (Å²) in [5.41, 5.74) is 14.5. The standard InChI is InChI=1S/C32H37N7O8/c1-32(2,3)47-26(41)14-23(29(43)44)37-28(42)22(12-13-25(40)36-24-15-35-30(34)39-27(24)33)38-31(45)46-16-21-19-10-6-4-8-17(19)18-9-5-7-11-20(18)21/h4-11,15,21-23H,12-14,16H2,1-3H3,(H,36,40)(H,37,42)(H,38,45)(H,43,44)(H4,33,34,35,39)/t22-,23-/m0/s1. The molecule has 1 aromatic heterocycles. The van der Waals surface area contributed by atoms with Crippen molar-refractivity contribution in [3.05, 3.63) is 65.9 Å². The molecule has 1 aliphatic carbocycles. The number of nitrogens with one attached hydrogen (secondary N) is 3. The van der Waals surface area contributed by atoms with Gasteiger partial charge in [0.25, 0.3) is 0 Å². The molecule has 1 heterocycles. The van der Waals surface area contributed by atoms with Gasteiger partial charge in [0.2, 0.25) is 17.8 Å². The Hall–Kier alpha value is -5.73. The number of ether oxygens (including phenoxy) is 2. The zero-order chi connectivity index (χ0) is 34.3. The van der Waals surface area contributed by atoms with Gasteiger partial charge in [-0.2, -0.15) is 4.98 Å². The van der Waals surface area contributed by atoms with Gasteiger partial charge in [0.05, 0.1) is 12.6 Å². The van der Waals surface area contributed by atoms with Crippen LogP contribution in [0.25, 0.3) is 11.1 Å². The molecule has 0 saturated carbocycles. The highest BCUT2D eigenvalue weighted by Gasteiger charge is 2.32. The number of carbonyl (C=O) groups excluding carboxylic acids is 4. The SMILES string of the molecule is CC(C)(C)OC(=O)C[C@H](NC(=O)[C@H](CCC(=O)Nc1cnc(N)nc1N)NC(=O)OCC1c2ccccc2-c2ccccc21)C(=O)O. The minimum Gasteiger partial charge on any atom is -0.480 e. The molecular formula is C32H37N7O8. The molecule has 3 amide bonds. The number of fused-ring (bicyclic) bond motifs is 3. The van der Waals surface area contributed by atoms with E-state index in [1.165, 1.54) is 6.20 Å². The van der Waals surface area contributed by atoms with E-state index in [0.29, 0.717) is 0 Å². The molecule has 2 atom stereocenters. The molecular weight excluding hydrogens is 610 g/mol. The van der Waals surface area contributed by atoms with Crippen LogP contribution < -0.4 is 27.4 Å². The summed E-state index contributed by atoms with van der Waals surface area (Å²) in [6.45, 7) is 4.79. The molecule has 0 radical (unpaired) electrons. The molecule has 8 N–H and O–H groups in total. The number of nitrogen functional groups attached to an aromatic ring is 2. The Morgan fingerprint density at radius 2 is 1.55 bits per heavy atom. The van der Waals surface area contributed by atoms with Gasteiger partial charge in [-0.3, -0.25) is 14.4 Å². The van der Waals surface area contributed by atoms with Crippen LogP contribution >= 0.6 is 0 Å². The third-order valence-electron chi connectivity index (χ3n) is 7.13. The number of nitrogens with zero attached hydrogens (tertiary/aromatic N) is 2. The maximum Gasteiger partial charge on any atom is 0.407 e. The summed E-state index contributed by atoms with van der Waals surface area (Å²) in [5.74, 6) is -4.36. The van der Waals surface area contributed by atoms with Crippen molar-refractivity contribution in [2.45, 2.75) is 63.6 Å². The molecule has 15 heteroatoms. The smallest absolute Gasteiger partial charge is 0.407 e. The molecule has 2 aromatic carbocycles. The summed E-state index contributed by atoms with van der Waals surface area (Å²) < 4.78 is 10.7. The zero-order valence-corrected chi connectivity index (χ0v) is 26.1. The van der Waals surface area contributed by atoms with E-state index in [2.05, 4.69) is 25.9 Å². The van der Waals surface area contributed by atoms with Gasteiger partial charge in [0.1, 0.15) is 30.0 Å². The predicted molar refractivity (Wildman–Crippen MR) is 171 cm³/mol. The second kappa shape index (κ2) is 14.6. The van der Waals surface area contributed by atoms with Crippen molar-refractivity contribution in [2.24, 2.45) is 0 Å². The van der Waals surface area contributed by atoms with Gasteiger partial charge in [0, 0.05) is 12.3 Å². The van der Waals surface area contributed by atoms with Gasteiger partial charge in [-0.1, -0.05) is 48.5 Å². The fourth-order valence-corrected chi connectivity index (χ4v) is 5.07. The molecule has 248 valence electrons. The van der Waals surface area contributed by atoms with Gasteiger partial charge >= 0.3 is 18.0 Å². The van der Waals surface area contributed by atoms with Crippen LogP contribution in [0.15, 0.2) is 54.7 Å². The van der Waals surface area contributed by atoms with E-state index in [-0.39, 0.29) is 42.8 Å². The summed E-state index contributed by atoms with van der Waals surface area (Å²) >= 11 is 0. The highest BCUT2D eigenvalue weighted by molar-refractivity contribution is 5.95. The third-order valence-corrected chi connectivity index (χ3v) is 7.13. The highest BCUT2D eigenvalue weighted by atomic mass is 16.6. The number of alkyl carbamates (subject to hydrolysis) is 1. The van der Waals surface area contributed by atoms with Crippen LogP contribution in [0, 0.1) is 0 Å². The Balaban J connectivity index is 1.45. The number of hydrogen-bond donors (Lipinski definition) is 6. The first-order chi connectivity index (χ1) is 22.2. The quantitative estimate of drug-likeness (QED) is 0.156. The number of esters is 1. The second-order valence-electron chi connectivity index (χ2n) is 11.8. The van der Waals surface area contributed by atoms with E-state index >= 15 is 0 Å². The molecule has 47 heavy (non-hydrogen) atoms. The van der Waals surface area contributed by atoms with Gasteiger partial charge in [-0.05, 0) is 49.4 Å². The first kappa shape index (κ1) is 34.1. The van der Waals surface area contributed by atoms with Gasteiger partial charge < -0.3 is 42.0 Å². The number of carboxylic acid groups (broad SMARTS) is 1. The minimum absolute atomic E-state index is 0.0541. The van der Waals surface area contributed by atoms with Crippen molar-refractivity contribution in [3.8, 4) is 11.1 Å².